The van der Waals surface area contributed by atoms with Gasteiger partial charge in [-0.05, 0) is 45.4 Å². The molecule has 2 heterocycles. The van der Waals surface area contributed by atoms with Crippen molar-refractivity contribution in [2.75, 3.05) is 7.05 Å². The molecule has 1 atom stereocenters. The summed E-state index contributed by atoms with van der Waals surface area (Å²) in [5, 5.41) is 12.3. The minimum absolute atomic E-state index is 0.269. The minimum atomic E-state index is 0.269. The maximum atomic E-state index is 4.50. The number of aryl methyl sites for hydroxylation is 3. The van der Waals surface area contributed by atoms with Gasteiger partial charge in [-0.3, -0.25) is 9.36 Å². The van der Waals surface area contributed by atoms with E-state index in [9.17, 15) is 0 Å². The van der Waals surface area contributed by atoms with Gasteiger partial charge in [-0.1, -0.05) is 6.92 Å². The molecule has 5 heteroatoms. The van der Waals surface area contributed by atoms with Crippen LogP contribution in [0.5, 0.6) is 0 Å². The zero-order valence-electron chi connectivity index (χ0n) is 13.1. The van der Waals surface area contributed by atoms with Crippen LogP contribution >= 0.6 is 0 Å². The molecule has 5 nitrogen and oxygen atoms in total. The largest absolute Gasteiger partial charge is 0.311 e. The summed E-state index contributed by atoms with van der Waals surface area (Å²) in [6.07, 6.45) is 3.92. The highest BCUT2D eigenvalue weighted by atomic mass is 15.3. The van der Waals surface area contributed by atoms with Gasteiger partial charge in [0.25, 0.3) is 0 Å². The van der Waals surface area contributed by atoms with Crippen molar-refractivity contribution in [2.24, 2.45) is 7.05 Å². The second-order valence-corrected chi connectivity index (χ2v) is 5.30. The third kappa shape index (κ3) is 2.77. The van der Waals surface area contributed by atoms with Crippen molar-refractivity contribution in [1.29, 1.82) is 0 Å². The molecule has 1 unspecified atom stereocenters. The summed E-state index contributed by atoms with van der Waals surface area (Å²) in [6.45, 7) is 7.35. The van der Waals surface area contributed by atoms with Crippen molar-refractivity contribution in [3.05, 3.63) is 34.9 Å². The second kappa shape index (κ2) is 6.22. The quantitative estimate of drug-likeness (QED) is 0.878. The fourth-order valence-corrected chi connectivity index (χ4v) is 2.71. The summed E-state index contributed by atoms with van der Waals surface area (Å²) in [6, 6.07) is 2.38. The molecule has 0 aliphatic carbocycles. The maximum absolute atomic E-state index is 4.50. The molecule has 0 fully saturated rings. The Morgan fingerprint density at radius 2 is 2.10 bits per heavy atom. The zero-order valence-corrected chi connectivity index (χ0v) is 13.1. The smallest absolute Gasteiger partial charge is 0.0629 e. The summed E-state index contributed by atoms with van der Waals surface area (Å²) in [7, 11) is 4.01. The third-order valence-electron chi connectivity index (χ3n) is 3.96. The van der Waals surface area contributed by atoms with Crippen LogP contribution < -0.4 is 5.32 Å². The highest BCUT2D eigenvalue weighted by Gasteiger charge is 2.19. The first kappa shape index (κ1) is 14.8. The van der Waals surface area contributed by atoms with Crippen molar-refractivity contribution in [3.63, 3.8) is 0 Å². The molecule has 0 amide bonds. The first-order valence-corrected chi connectivity index (χ1v) is 7.26. The lowest BCUT2D eigenvalue weighted by Crippen LogP contribution is -2.23. The molecule has 0 aliphatic heterocycles. The van der Waals surface area contributed by atoms with Gasteiger partial charge in [0.05, 0.1) is 17.4 Å². The van der Waals surface area contributed by atoms with Crippen molar-refractivity contribution in [2.45, 2.75) is 46.2 Å². The van der Waals surface area contributed by atoms with E-state index in [4.69, 9.17) is 0 Å². The minimum Gasteiger partial charge on any atom is -0.311 e. The number of aromatic nitrogens is 4. The van der Waals surface area contributed by atoms with Gasteiger partial charge in [0.15, 0.2) is 0 Å². The molecule has 0 aromatic carbocycles. The van der Waals surface area contributed by atoms with Crippen LogP contribution in [0.1, 0.15) is 42.0 Å². The number of nitrogens with one attached hydrogen (secondary N) is 1. The monoisotopic (exact) mass is 275 g/mol. The molecule has 2 aromatic heterocycles. The Hall–Kier alpha value is -1.62. The molecule has 2 rings (SSSR count). The molecule has 1 N–H and O–H groups in total. The molecule has 0 radical (unpaired) electrons. The lowest BCUT2D eigenvalue weighted by Gasteiger charge is -2.18. The lowest BCUT2D eigenvalue weighted by molar-refractivity contribution is 0.495. The molecule has 0 saturated carbocycles. The fraction of sp³-hybridized carbons (Fsp3) is 0.600. The Morgan fingerprint density at radius 1 is 1.35 bits per heavy atom. The van der Waals surface area contributed by atoms with E-state index < -0.39 is 0 Å². The number of nitrogens with zero attached hydrogens (tertiary/aromatic N) is 4. The van der Waals surface area contributed by atoms with Crippen molar-refractivity contribution >= 4 is 0 Å². The van der Waals surface area contributed by atoms with Gasteiger partial charge in [-0.25, -0.2) is 0 Å². The van der Waals surface area contributed by atoms with Gasteiger partial charge >= 0.3 is 0 Å². The molecule has 2 aromatic rings. The predicted molar refractivity (Wildman–Crippen MR) is 80.7 cm³/mol. The Kier molecular flexibility index (Phi) is 4.60. The maximum Gasteiger partial charge on any atom is 0.0629 e. The summed E-state index contributed by atoms with van der Waals surface area (Å²) >= 11 is 0. The van der Waals surface area contributed by atoms with Crippen LogP contribution in [0.2, 0.25) is 0 Å². The Morgan fingerprint density at radius 3 is 2.65 bits per heavy atom. The molecular formula is C15H25N5. The van der Waals surface area contributed by atoms with Crippen LogP contribution in [0.25, 0.3) is 0 Å². The third-order valence-corrected chi connectivity index (χ3v) is 3.96. The standard InChI is InChI=1S/C15H25N5/c1-6-9-20-15(7-8-17-20)14(16-4)10-13-11(2)18-19(5)12(13)3/h7-8,14,16H,6,9-10H2,1-5H3. The predicted octanol–water partition coefficient (Wildman–Crippen LogP) is 2.15. The van der Waals surface area contributed by atoms with Crippen LogP contribution in [-0.4, -0.2) is 26.6 Å². The van der Waals surface area contributed by atoms with Crippen LogP contribution in [0.15, 0.2) is 12.3 Å². The number of hydrogen-bond acceptors (Lipinski definition) is 3. The Balaban J connectivity index is 2.26. The highest BCUT2D eigenvalue weighted by Crippen LogP contribution is 2.22. The molecule has 20 heavy (non-hydrogen) atoms. The molecule has 110 valence electrons. The van der Waals surface area contributed by atoms with E-state index in [0.29, 0.717) is 0 Å². The summed E-state index contributed by atoms with van der Waals surface area (Å²) in [4.78, 5) is 0. The van der Waals surface area contributed by atoms with E-state index >= 15 is 0 Å². The average Bonchev–Trinajstić information content (AvgIpc) is 2.96. The van der Waals surface area contributed by atoms with Crippen LogP contribution in [0.3, 0.4) is 0 Å². The van der Waals surface area contributed by atoms with E-state index in [1.165, 1.54) is 17.0 Å². The van der Waals surface area contributed by atoms with Crippen LogP contribution in [0, 0.1) is 13.8 Å². The van der Waals surface area contributed by atoms with Gasteiger partial charge in [-0.15, -0.1) is 0 Å². The lowest BCUT2D eigenvalue weighted by atomic mass is 10.0. The van der Waals surface area contributed by atoms with E-state index in [-0.39, 0.29) is 6.04 Å². The summed E-state index contributed by atoms with van der Waals surface area (Å²) in [5.74, 6) is 0. The summed E-state index contributed by atoms with van der Waals surface area (Å²) < 4.78 is 4.06. The molecular weight excluding hydrogens is 250 g/mol. The van der Waals surface area contributed by atoms with Gasteiger partial charge in [0.2, 0.25) is 0 Å². The normalized spacial score (nSPS) is 12.8. The van der Waals surface area contributed by atoms with E-state index in [0.717, 1.165) is 25.1 Å². The molecule has 0 saturated heterocycles. The first-order valence-electron chi connectivity index (χ1n) is 7.26. The number of rotatable bonds is 6. The van der Waals surface area contributed by atoms with Gasteiger partial charge < -0.3 is 5.32 Å². The van der Waals surface area contributed by atoms with Crippen molar-refractivity contribution in [3.8, 4) is 0 Å². The molecule has 0 spiro atoms. The number of hydrogen-bond donors (Lipinski definition) is 1. The summed E-state index contributed by atoms with van der Waals surface area (Å²) in [5.41, 5.74) is 4.93. The molecule has 0 bridgehead atoms. The Bertz CT molecular complexity index is 567. The van der Waals surface area contributed by atoms with Gasteiger partial charge in [0, 0.05) is 25.5 Å². The SMILES string of the molecule is CCCn1nccc1C(Cc1c(C)nn(C)c1C)NC. The van der Waals surface area contributed by atoms with Crippen molar-refractivity contribution < 1.29 is 0 Å². The Labute approximate surface area is 121 Å². The van der Waals surface area contributed by atoms with Gasteiger partial charge in [-0.2, -0.15) is 10.2 Å². The fourth-order valence-electron chi connectivity index (χ4n) is 2.71. The van der Waals surface area contributed by atoms with E-state index in [1.54, 1.807) is 0 Å². The highest BCUT2D eigenvalue weighted by molar-refractivity contribution is 5.27. The van der Waals surface area contributed by atoms with E-state index in [1.807, 2.05) is 25.0 Å². The van der Waals surface area contributed by atoms with Crippen LogP contribution in [-0.2, 0) is 20.0 Å². The van der Waals surface area contributed by atoms with E-state index in [2.05, 4.69) is 47.0 Å². The van der Waals surface area contributed by atoms with Gasteiger partial charge in [0.1, 0.15) is 0 Å². The second-order valence-electron chi connectivity index (χ2n) is 5.30. The topological polar surface area (TPSA) is 47.7 Å². The number of likely N-dealkylation sites (N-methyl/N-ethyl adjacent to an activating group) is 1. The van der Waals surface area contributed by atoms with Crippen LogP contribution in [0.4, 0.5) is 0 Å². The zero-order chi connectivity index (χ0) is 14.7. The van der Waals surface area contributed by atoms with Crippen molar-refractivity contribution in [1.82, 2.24) is 24.9 Å². The first-order chi connectivity index (χ1) is 9.58. The average molecular weight is 275 g/mol. The molecule has 0 aliphatic rings.